The minimum Gasteiger partial charge on any atom is -0.374 e. The lowest BCUT2D eigenvalue weighted by atomic mass is 10.1. The maximum absolute atomic E-state index is 6.35. The largest absolute Gasteiger partial charge is 0.374 e. The van der Waals surface area contributed by atoms with Gasteiger partial charge in [0.05, 0.1) is 32.5 Å². The summed E-state index contributed by atoms with van der Waals surface area (Å²) >= 11 is 0. The third-order valence-corrected chi connectivity index (χ3v) is 5.51. The first kappa shape index (κ1) is 21.7. The van der Waals surface area contributed by atoms with E-state index >= 15 is 0 Å². The van der Waals surface area contributed by atoms with E-state index in [4.69, 9.17) is 18.9 Å². The van der Waals surface area contributed by atoms with Crippen molar-refractivity contribution in [2.45, 2.75) is 51.2 Å². The van der Waals surface area contributed by atoms with Crippen LogP contribution in [0.25, 0.3) is 0 Å². The van der Waals surface area contributed by atoms with Crippen LogP contribution in [0.15, 0.2) is 91.0 Å². The van der Waals surface area contributed by atoms with Gasteiger partial charge in [-0.05, 0) is 23.6 Å². The summed E-state index contributed by atoms with van der Waals surface area (Å²) in [5, 5.41) is 0. The van der Waals surface area contributed by atoms with Crippen LogP contribution in [0.4, 0.5) is 0 Å². The Morgan fingerprint density at radius 1 is 0.613 bits per heavy atom. The molecule has 4 heteroatoms. The van der Waals surface area contributed by atoms with Crippen LogP contribution in [0.3, 0.4) is 0 Å². The van der Waals surface area contributed by atoms with Crippen molar-refractivity contribution >= 4 is 0 Å². The zero-order valence-electron chi connectivity index (χ0n) is 17.9. The average molecular weight is 419 g/mol. The van der Waals surface area contributed by atoms with Gasteiger partial charge >= 0.3 is 0 Å². The molecule has 1 unspecified atom stereocenters. The predicted octanol–water partition coefficient (Wildman–Crippen LogP) is 5.16. The Bertz CT molecular complexity index is 885. The van der Waals surface area contributed by atoms with Crippen molar-refractivity contribution in [2.75, 3.05) is 6.61 Å². The Morgan fingerprint density at radius 2 is 1.06 bits per heavy atom. The lowest BCUT2D eigenvalue weighted by molar-refractivity contribution is -0.0897. The molecule has 0 amide bonds. The Morgan fingerprint density at radius 3 is 1.58 bits per heavy atom. The summed E-state index contributed by atoms with van der Waals surface area (Å²) < 4.78 is 24.8. The Balaban J connectivity index is 1.39. The molecule has 3 aromatic carbocycles. The molecule has 0 bridgehead atoms. The molecule has 1 fully saturated rings. The van der Waals surface area contributed by atoms with Crippen molar-refractivity contribution < 1.29 is 18.9 Å². The molecule has 1 saturated heterocycles. The number of hydrogen-bond acceptors (Lipinski definition) is 4. The summed E-state index contributed by atoms with van der Waals surface area (Å²) in [6, 6.07) is 30.6. The fourth-order valence-electron chi connectivity index (χ4n) is 3.88. The Hall–Kier alpha value is -2.50. The lowest BCUT2D eigenvalue weighted by Crippen LogP contribution is -2.38. The molecular weight excluding hydrogens is 388 g/mol. The maximum Gasteiger partial charge on any atom is 0.115 e. The zero-order valence-corrected chi connectivity index (χ0v) is 17.9. The molecule has 0 aromatic heterocycles. The van der Waals surface area contributed by atoms with Gasteiger partial charge in [-0.1, -0.05) is 91.0 Å². The van der Waals surface area contributed by atoms with Crippen molar-refractivity contribution in [3.05, 3.63) is 108 Å². The summed E-state index contributed by atoms with van der Waals surface area (Å²) in [5.74, 6) is 0. The molecule has 0 spiro atoms. The maximum atomic E-state index is 6.35. The number of rotatable bonds is 10. The van der Waals surface area contributed by atoms with Gasteiger partial charge in [0, 0.05) is 0 Å². The molecule has 1 aliphatic heterocycles. The van der Waals surface area contributed by atoms with Gasteiger partial charge in [-0.25, -0.2) is 0 Å². The van der Waals surface area contributed by atoms with Gasteiger partial charge in [-0.15, -0.1) is 0 Å². The summed E-state index contributed by atoms with van der Waals surface area (Å²) in [6.07, 6.45) is -0.609. The van der Waals surface area contributed by atoms with Crippen molar-refractivity contribution in [1.82, 2.24) is 0 Å². The summed E-state index contributed by atoms with van der Waals surface area (Å²) in [5.41, 5.74) is 3.42. The molecule has 0 N–H and O–H groups in total. The molecule has 1 heterocycles. The Kier molecular flexibility index (Phi) is 7.86. The summed E-state index contributed by atoms with van der Waals surface area (Å²) in [6.45, 7) is 4.11. The topological polar surface area (TPSA) is 36.9 Å². The number of benzene rings is 3. The summed E-state index contributed by atoms with van der Waals surface area (Å²) in [7, 11) is 0. The highest BCUT2D eigenvalue weighted by Gasteiger charge is 2.44. The molecule has 31 heavy (non-hydrogen) atoms. The van der Waals surface area contributed by atoms with E-state index < -0.39 is 0 Å². The van der Waals surface area contributed by atoms with Crippen LogP contribution in [0.2, 0.25) is 0 Å². The standard InChI is InChI=1S/C27H30O4/c1-21-26(29-18-23-13-7-3-8-14-23)27(30-19-24-15-9-4-10-16-24)25(31-21)20-28-17-22-11-5-2-6-12-22/h2-16,21,25-27H,17-20H2,1H3/t21?,25-,26-,27-/m1/s1. The fourth-order valence-corrected chi connectivity index (χ4v) is 3.88. The third-order valence-electron chi connectivity index (χ3n) is 5.51. The zero-order chi connectivity index (χ0) is 21.3. The van der Waals surface area contributed by atoms with E-state index in [1.807, 2.05) is 61.5 Å². The van der Waals surface area contributed by atoms with E-state index in [1.165, 1.54) is 0 Å². The highest BCUT2D eigenvalue weighted by atomic mass is 16.6. The van der Waals surface area contributed by atoms with Crippen LogP contribution in [-0.4, -0.2) is 31.0 Å². The fraction of sp³-hybridized carbons (Fsp3) is 0.333. The first-order valence-corrected chi connectivity index (χ1v) is 10.9. The molecule has 0 saturated carbocycles. The van der Waals surface area contributed by atoms with Crippen LogP contribution in [0.1, 0.15) is 23.6 Å². The van der Waals surface area contributed by atoms with Gasteiger partial charge in [0.15, 0.2) is 0 Å². The molecule has 4 rings (SSSR count). The van der Waals surface area contributed by atoms with Gasteiger partial charge in [-0.3, -0.25) is 0 Å². The van der Waals surface area contributed by atoms with Crippen molar-refractivity contribution in [2.24, 2.45) is 0 Å². The van der Waals surface area contributed by atoms with Crippen molar-refractivity contribution in [1.29, 1.82) is 0 Å². The van der Waals surface area contributed by atoms with Crippen molar-refractivity contribution in [3.63, 3.8) is 0 Å². The first-order chi connectivity index (χ1) is 15.3. The van der Waals surface area contributed by atoms with Gasteiger partial charge in [0.25, 0.3) is 0 Å². The van der Waals surface area contributed by atoms with Gasteiger partial charge in [0.2, 0.25) is 0 Å². The minimum absolute atomic E-state index is 0.0742. The predicted molar refractivity (Wildman–Crippen MR) is 120 cm³/mol. The second-order valence-electron chi connectivity index (χ2n) is 7.90. The molecular formula is C27H30O4. The van der Waals surface area contributed by atoms with Crippen molar-refractivity contribution in [3.8, 4) is 0 Å². The van der Waals surface area contributed by atoms with Crippen LogP contribution in [-0.2, 0) is 38.8 Å². The van der Waals surface area contributed by atoms with E-state index in [0.29, 0.717) is 26.4 Å². The van der Waals surface area contributed by atoms with Gasteiger partial charge in [0.1, 0.15) is 18.3 Å². The number of hydrogen-bond donors (Lipinski definition) is 0. The SMILES string of the molecule is CC1O[C@H](COCc2ccccc2)[C@@H](OCc2ccccc2)[C@@H]1OCc1ccccc1. The van der Waals surface area contributed by atoms with Gasteiger partial charge < -0.3 is 18.9 Å². The molecule has 162 valence electrons. The molecule has 0 aliphatic carbocycles. The number of ether oxygens (including phenoxy) is 4. The second-order valence-corrected chi connectivity index (χ2v) is 7.90. The van der Waals surface area contributed by atoms with E-state index in [2.05, 4.69) is 36.4 Å². The molecule has 4 nitrogen and oxygen atoms in total. The van der Waals surface area contributed by atoms with Crippen LogP contribution < -0.4 is 0 Å². The average Bonchev–Trinajstić information content (AvgIpc) is 3.12. The smallest absolute Gasteiger partial charge is 0.115 e. The molecule has 1 aliphatic rings. The second kappa shape index (κ2) is 11.2. The van der Waals surface area contributed by atoms with E-state index in [-0.39, 0.29) is 24.4 Å². The highest BCUT2D eigenvalue weighted by molar-refractivity contribution is 5.15. The molecule has 0 radical (unpaired) electrons. The van der Waals surface area contributed by atoms with Crippen LogP contribution >= 0.6 is 0 Å². The monoisotopic (exact) mass is 418 g/mol. The summed E-state index contributed by atoms with van der Waals surface area (Å²) in [4.78, 5) is 0. The molecule has 4 atom stereocenters. The van der Waals surface area contributed by atoms with Crippen LogP contribution in [0, 0.1) is 0 Å². The minimum atomic E-state index is -0.199. The van der Waals surface area contributed by atoms with E-state index in [0.717, 1.165) is 16.7 Å². The quantitative estimate of drug-likeness (QED) is 0.456. The van der Waals surface area contributed by atoms with Gasteiger partial charge in [-0.2, -0.15) is 0 Å². The Labute approximate surface area is 184 Å². The highest BCUT2D eigenvalue weighted by Crippen LogP contribution is 2.29. The van der Waals surface area contributed by atoms with Crippen LogP contribution in [0.5, 0.6) is 0 Å². The third kappa shape index (κ3) is 6.25. The first-order valence-electron chi connectivity index (χ1n) is 10.9. The normalized spacial score (nSPS) is 23.1. The molecule has 3 aromatic rings. The lowest BCUT2D eigenvalue weighted by Gasteiger charge is -2.24. The van der Waals surface area contributed by atoms with E-state index in [9.17, 15) is 0 Å². The van der Waals surface area contributed by atoms with E-state index in [1.54, 1.807) is 0 Å².